The van der Waals surface area contributed by atoms with Gasteiger partial charge in [0.25, 0.3) is 0 Å². The fraction of sp³-hybridized carbons (Fsp3) is 0.941. The van der Waals surface area contributed by atoms with E-state index < -0.39 is 0 Å². The predicted molar refractivity (Wildman–Crippen MR) is 88.7 cm³/mol. The van der Waals surface area contributed by atoms with Crippen molar-refractivity contribution < 1.29 is 4.74 Å². The van der Waals surface area contributed by atoms with Crippen LogP contribution in [-0.2, 0) is 4.74 Å². The van der Waals surface area contributed by atoms with Crippen molar-refractivity contribution in [2.75, 3.05) is 13.1 Å². The molecular formula is C17H33N3O. The average Bonchev–Trinajstić information content (AvgIpc) is 3.10. The number of aliphatic imine (C=N–C) groups is 1. The van der Waals surface area contributed by atoms with Crippen LogP contribution in [0.4, 0.5) is 0 Å². The molecule has 0 aromatic heterocycles. The fourth-order valence-corrected chi connectivity index (χ4v) is 3.42. The van der Waals surface area contributed by atoms with E-state index in [1.54, 1.807) is 0 Å². The van der Waals surface area contributed by atoms with Crippen LogP contribution in [0.25, 0.3) is 0 Å². The van der Waals surface area contributed by atoms with E-state index in [1.807, 2.05) is 0 Å². The Morgan fingerprint density at radius 2 is 2.14 bits per heavy atom. The van der Waals surface area contributed by atoms with Gasteiger partial charge in [0.2, 0.25) is 0 Å². The van der Waals surface area contributed by atoms with Gasteiger partial charge >= 0.3 is 0 Å². The number of hydrogen-bond acceptors (Lipinski definition) is 2. The molecule has 0 radical (unpaired) electrons. The van der Waals surface area contributed by atoms with Crippen LogP contribution in [0.3, 0.4) is 0 Å². The molecule has 0 saturated carbocycles. The predicted octanol–water partition coefficient (Wildman–Crippen LogP) is 3.08. The first-order chi connectivity index (χ1) is 10.3. The molecule has 2 heterocycles. The van der Waals surface area contributed by atoms with Crippen LogP contribution in [-0.4, -0.2) is 37.3 Å². The summed E-state index contributed by atoms with van der Waals surface area (Å²) in [6.45, 7) is 8.52. The lowest BCUT2D eigenvalue weighted by atomic mass is 9.96. The highest BCUT2D eigenvalue weighted by atomic mass is 16.5. The lowest BCUT2D eigenvalue weighted by molar-refractivity contribution is 0.0992. The Hall–Kier alpha value is -0.770. The summed E-state index contributed by atoms with van der Waals surface area (Å²) in [5.74, 6) is 1.70. The molecule has 4 unspecified atom stereocenters. The van der Waals surface area contributed by atoms with Gasteiger partial charge in [0.05, 0.1) is 18.2 Å². The SMILES string of the molecule is CCCCC(CC)CN=C(NCC)NC1CC2CCC1O2. The molecule has 2 saturated heterocycles. The first-order valence-corrected chi connectivity index (χ1v) is 8.97. The molecule has 2 bridgehead atoms. The lowest BCUT2D eigenvalue weighted by Gasteiger charge is -2.23. The normalized spacial score (nSPS) is 29.7. The summed E-state index contributed by atoms with van der Waals surface area (Å²) in [5.41, 5.74) is 0. The molecule has 2 rings (SSSR count). The maximum atomic E-state index is 5.92. The van der Waals surface area contributed by atoms with Crippen LogP contribution in [0, 0.1) is 5.92 Å². The van der Waals surface area contributed by atoms with Crippen LogP contribution in [0.1, 0.15) is 65.7 Å². The smallest absolute Gasteiger partial charge is 0.191 e. The number of nitrogens with one attached hydrogen (secondary N) is 2. The van der Waals surface area contributed by atoms with Crippen LogP contribution < -0.4 is 10.6 Å². The first kappa shape index (κ1) is 16.6. The molecule has 2 N–H and O–H groups in total. The number of fused-ring (bicyclic) bond motifs is 2. The van der Waals surface area contributed by atoms with Gasteiger partial charge in [-0.1, -0.05) is 33.1 Å². The second kappa shape index (κ2) is 8.62. The number of guanidine groups is 1. The van der Waals surface area contributed by atoms with Crippen molar-refractivity contribution in [1.82, 2.24) is 10.6 Å². The van der Waals surface area contributed by atoms with Crippen LogP contribution >= 0.6 is 0 Å². The number of rotatable bonds is 8. The lowest BCUT2D eigenvalue weighted by Crippen LogP contribution is -2.47. The fourth-order valence-electron chi connectivity index (χ4n) is 3.42. The largest absolute Gasteiger partial charge is 0.373 e. The van der Waals surface area contributed by atoms with Gasteiger partial charge in [0, 0.05) is 13.1 Å². The van der Waals surface area contributed by atoms with Crippen molar-refractivity contribution in [3.05, 3.63) is 0 Å². The molecule has 4 atom stereocenters. The molecular weight excluding hydrogens is 262 g/mol. The Bertz CT molecular complexity index is 332. The Balaban J connectivity index is 1.83. The van der Waals surface area contributed by atoms with Crippen LogP contribution in [0.5, 0.6) is 0 Å². The quantitative estimate of drug-likeness (QED) is 0.534. The summed E-state index contributed by atoms with van der Waals surface area (Å²) in [7, 11) is 0. The number of unbranched alkanes of at least 4 members (excludes halogenated alkanes) is 1. The van der Waals surface area contributed by atoms with Crippen molar-refractivity contribution in [3.63, 3.8) is 0 Å². The van der Waals surface area contributed by atoms with Gasteiger partial charge in [-0.05, 0) is 38.5 Å². The molecule has 4 nitrogen and oxygen atoms in total. The Morgan fingerprint density at radius 1 is 1.29 bits per heavy atom. The van der Waals surface area contributed by atoms with E-state index in [4.69, 9.17) is 9.73 Å². The average molecular weight is 295 g/mol. The highest BCUT2D eigenvalue weighted by Gasteiger charge is 2.41. The minimum atomic E-state index is 0.404. The van der Waals surface area contributed by atoms with Crippen molar-refractivity contribution in [3.8, 4) is 0 Å². The molecule has 4 heteroatoms. The zero-order valence-electron chi connectivity index (χ0n) is 14.0. The minimum Gasteiger partial charge on any atom is -0.373 e. The van der Waals surface area contributed by atoms with Crippen LogP contribution in [0.2, 0.25) is 0 Å². The molecule has 2 aliphatic heterocycles. The van der Waals surface area contributed by atoms with E-state index in [0.717, 1.165) is 31.4 Å². The molecule has 0 spiro atoms. The second-order valence-corrected chi connectivity index (χ2v) is 6.50. The molecule has 0 aromatic carbocycles. The summed E-state index contributed by atoms with van der Waals surface area (Å²) < 4.78 is 5.92. The minimum absolute atomic E-state index is 0.404. The van der Waals surface area contributed by atoms with E-state index >= 15 is 0 Å². The van der Waals surface area contributed by atoms with Gasteiger partial charge in [-0.15, -0.1) is 0 Å². The summed E-state index contributed by atoms with van der Waals surface area (Å²) in [5, 5.41) is 6.99. The van der Waals surface area contributed by atoms with Crippen molar-refractivity contribution in [1.29, 1.82) is 0 Å². The van der Waals surface area contributed by atoms with E-state index in [2.05, 4.69) is 31.4 Å². The standard InChI is InChI=1S/C17H33N3O/c1-4-7-8-13(5-2)12-19-17(18-6-3)20-15-11-14-9-10-16(15)21-14/h13-16H,4-12H2,1-3H3,(H2,18,19,20). The third-order valence-electron chi connectivity index (χ3n) is 4.82. The molecule has 0 aliphatic carbocycles. The van der Waals surface area contributed by atoms with Crippen molar-refractivity contribution in [2.24, 2.45) is 10.9 Å². The van der Waals surface area contributed by atoms with Crippen molar-refractivity contribution in [2.45, 2.75) is 84.0 Å². The maximum Gasteiger partial charge on any atom is 0.191 e. The zero-order chi connectivity index (χ0) is 15.1. The summed E-state index contributed by atoms with van der Waals surface area (Å²) in [6, 6.07) is 0.456. The van der Waals surface area contributed by atoms with Crippen molar-refractivity contribution >= 4 is 5.96 Å². The third-order valence-corrected chi connectivity index (χ3v) is 4.82. The Labute approximate surface area is 130 Å². The van der Waals surface area contributed by atoms with Gasteiger partial charge in [-0.3, -0.25) is 4.99 Å². The van der Waals surface area contributed by atoms with E-state index in [-0.39, 0.29) is 0 Å². The Kier molecular flexibility index (Phi) is 6.81. The monoisotopic (exact) mass is 295 g/mol. The maximum absolute atomic E-state index is 5.92. The third kappa shape index (κ3) is 4.87. The van der Waals surface area contributed by atoms with Crippen LogP contribution in [0.15, 0.2) is 4.99 Å². The van der Waals surface area contributed by atoms with Gasteiger partial charge in [-0.2, -0.15) is 0 Å². The van der Waals surface area contributed by atoms with Gasteiger partial charge in [0.15, 0.2) is 5.96 Å². The van der Waals surface area contributed by atoms with E-state index in [9.17, 15) is 0 Å². The Morgan fingerprint density at radius 3 is 2.71 bits per heavy atom. The molecule has 2 aliphatic rings. The summed E-state index contributed by atoms with van der Waals surface area (Å²) >= 11 is 0. The molecule has 122 valence electrons. The molecule has 2 fully saturated rings. The van der Waals surface area contributed by atoms with E-state index in [0.29, 0.717) is 18.2 Å². The summed E-state index contributed by atoms with van der Waals surface area (Å²) in [4.78, 5) is 4.82. The van der Waals surface area contributed by atoms with Gasteiger partial charge in [0.1, 0.15) is 0 Å². The molecule has 0 aromatic rings. The number of ether oxygens (including phenoxy) is 1. The molecule has 21 heavy (non-hydrogen) atoms. The number of hydrogen-bond donors (Lipinski definition) is 2. The first-order valence-electron chi connectivity index (χ1n) is 8.97. The number of nitrogens with zero attached hydrogens (tertiary/aromatic N) is 1. The van der Waals surface area contributed by atoms with Gasteiger partial charge < -0.3 is 15.4 Å². The highest BCUT2D eigenvalue weighted by molar-refractivity contribution is 5.80. The highest BCUT2D eigenvalue weighted by Crippen LogP contribution is 2.34. The van der Waals surface area contributed by atoms with E-state index in [1.165, 1.54) is 38.5 Å². The zero-order valence-corrected chi connectivity index (χ0v) is 14.0. The van der Waals surface area contributed by atoms with Gasteiger partial charge in [-0.25, -0.2) is 0 Å². The summed E-state index contributed by atoms with van der Waals surface area (Å²) in [6.07, 6.45) is 9.60. The second-order valence-electron chi connectivity index (χ2n) is 6.50. The topological polar surface area (TPSA) is 45.7 Å². The molecule has 0 amide bonds.